The Morgan fingerprint density at radius 2 is 1.76 bits per heavy atom. The highest BCUT2D eigenvalue weighted by molar-refractivity contribution is 6.00. The summed E-state index contributed by atoms with van der Waals surface area (Å²) in [4.78, 5) is 29.5. The van der Waals surface area contributed by atoms with Crippen molar-refractivity contribution in [3.63, 3.8) is 0 Å². The van der Waals surface area contributed by atoms with Crippen molar-refractivity contribution in [3.8, 4) is 33.8 Å². The monoisotopic (exact) mass is 487 g/mol. The van der Waals surface area contributed by atoms with Gasteiger partial charge < -0.3 is 10.3 Å². The highest BCUT2D eigenvalue weighted by Gasteiger charge is 2.21. The molecule has 8 nitrogen and oxygen atoms in total. The number of nitrogens with zero attached hydrogens (tertiary/aromatic N) is 4. The molecule has 3 N–H and O–H groups in total. The second-order valence-corrected chi connectivity index (χ2v) is 10.0. The number of fused-ring (bicyclic) bond motifs is 2. The van der Waals surface area contributed by atoms with Crippen molar-refractivity contribution in [3.05, 3.63) is 79.4 Å². The van der Waals surface area contributed by atoms with Gasteiger partial charge in [0.05, 0.1) is 28.8 Å². The number of H-pyrrole nitrogens is 2. The van der Waals surface area contributed by atoms with E-state index < -0.39 is 5.41 Å². The number of anilines is 1. The first-order chi connectivity index (χ1) is 17.9. The Morgan fingerprint density at radius 1 is 0.892 bits per heavy atom. The lowest BCUT2D eigenvalue weighted by molar-refractivity contribution is -0.123. The molecule has 0 saturated heterocycles. The van der Waals surface area contributed by atoms with Crippen LogP contribution in [0.25, 0.3) is 55.7 Å². The fraction of sp³-hybridized carbons (Fsp3) is 0.138. The maximum atomic E-state index is 12.4. The molecule has 0 aliphatic carbocycles. The lowest BCUT2D eigenvalue weighted by Crippen LogP contribution is -2.27. The molecule has 6 aromatic rings. The standard InChI is InChI=1S/C29H25N7O/c1-29(2,3)28(37)32-19-12-18(15-31-16-19)22-9-10-24-26(34-22)27(36-35-24)25-13-21-20(7-4-8-23(21)33-25)17-6-5-11-30-14-17/h4-16,33H,1-3H3,(H,32,37)(H,35,36). The van der Waals surface area contributed by atoms with Crippen molar-refractivity contribution in [2.75, 3.05) is 5.32 Å². The quantitative estimate of drug-likeness (QED) is 0.273. The number of nitrogens with one attached hydrogen (secondary N) is 3. The molecule has 5 aromatic heterocycles. The Labute approximate surface area is 213 Å². The number of carbonyl (C=O) groups excluding carboxylic acids is 1. The first-order valence-electron chi connectivity index (χ1n) is 12.0. The first-order valence-corrected chi connectivity index (χ1v) is 12.0. The second-order valence-electron chi connectivity index (χ2n) is 10.0. The third kappa shape index (κ3) is 4.23. The smallest absolute Gasteiger partial charge is 0.229 e. The molecule has 0 atom stereocenters. The van der Waals surface area contributed by atoms with Crippen molar-refractivity contribution in [2.45, 2.75) is 20.8 Å². The van der Waals surface area contributed by atoms with Gasteiger partial charge in [-0.15, -0.1) is 0 Å². The highest BCUT2D eigenvalue weighted by Crippen LogP contribution is 2.34. The van der Waals surface area contributed by atoms with E-state index in [4.69, 9.17) is 4.98 Å². The Morgan fingerprint density at radius 3 is 2.57 bits per heavy atom. The predicted molar refractivity (Wildman–Crippen MR) is 146 cm³/mol. The van der Waals surface area contributed by atoms with Gasteiger partial charge in [-0.2, -0.15) is 5.10 Å². The van der Waals surface area contributed by atoms with Gasteiger partial charge in [0.25, 0.3) is 0 Å². The Hall–Kier alpha value is -4.85. The van der Waals surface area contributed by atoms with Crippen LogP contribution in [0.5, 0.6) is 0 Å². The number of carbonyl (C=O) groups is 1. The summed E-state index contributed by atoms with van der Waals surface area (Å²) in [5.41, 5.74) is 8.00. The zero-order valence-corrected chi connectivity index (χ0v) is 20.7. The number of benzene rings is 1. The minimum absolute atomic E-state index is 0.0727. The van der Waals surface area contributed by atoms with Crippen LogP contribution in [0, 0.1) is 5.41 Å². The van der Waals surface area contributed by atoms with Crippen LogP contribution in [-0.2, 0) is 4.79 Å². The average Bonchev–Trinajstić information content (AvgIpc) is 3.52. The molecule has 0 saturated carbocycles. The molecule has 5 heterocycles. The Bertz CT molecular complexity index is 1760. The molecule has 0 aliphatic rings. The van der Waals surface area contributed by atoms with Gasteiger partial charge in [-0.05, 0) is 42.0 Å². The summed E-state index contributed by atoms with van der Waals surface area (Å²) in [7, 11) is 0. The van der Waals surface area contributed by atoms with Crippen LogP contribution in [0.1, 0.15) is 20.8 Å². The average molecular weight is 488 g/mol. The lowest BCUT2D eigenvalue weighted by Gasteiger charge is -2.17. The number of aromatic amines is 2. The van der Waals surface area contributed by atoms with Crippen molar-refractivity contribution < 1.29 is 4.79 Å². The minimum Gasteiger partial charge on any atom is -0.353 e. The normalized spacial score (nSPS) is 11.8. The predicted octanol–water partition coefficient (Wildman–Crippen LogP) is 6.21. The zero-order chi connectivity index (χ0) is 25.6. The summed E-state index contributed by atoms with van der Waals surface area (Å²) in [5.74, 6) is -0.0727. The van der Waals surface area contributed by atoms with Crippen molar-refractivity contribution >= 4 is 33.5 Å². The van der Waals surface area contributed by atoms with Crippen LogP contribution in [-0.4, -0.2) is 36.0 Å². The largest absolute Gasteiger partial charge is 0.353 e. The molecule has 182 valence electrons. The lowest BCUT2D eigenvalue weighted by atomic mass is 9.95. The molecule has 0 bridgehead atoms. The van der Waals surface area contributed by atoms with Crippen LogP contribution >= 0.6 is 0 Å². The molecule has 37 heavy (non-hydrogen) atoms. The third-order valence-corrected chi connectivity index (χ3v) is 6.27. The van der Waals surface area contributed by atoms with E-state index in [0.29, 0.717) is 5.69 Å². The zero-order valence-electron chi connectivity index (χ0n) is 20.7. The van der Waals surface area contributed by atoms with Gasteiger partial charge in [0.1, 0.15) is 11.2 Å². The molecular weight excluding hydrogens is 462 g/mol. The van der Waals surface area contributed by atoms with Gasteiger partial charge in [-0.3, -0.25) is 19.9 Å². The SMILES string of the molecule is CC(C)(C)C(=O)Nc1cncc(-c2ccc3[nH]nc(-c4cc5c(-c6cccnc6)cccc5[nH]4)c3n2)c1. The molecule has 6 rings (SSSR count). The van der Waals surface area contributed by atoms with E-state index in [-0.39, 0.29) is 5.91 Å². The van der Waals surface area contributed by atoms with Crippen LogP contribution in [0.4, 0.5) is 5.69 Å². The van der Waals surface area contributed by atoms with Crippen molar-refractivity contribution in [1.29, 1.82) is 0 Å². The van der Waals surface area contributed by atoms with E-state index in [1.165, 1.54) is 0 Å². The van der Waals surface area contributed by atoms with E-state index in [1.807, 2.05) is 57.3 Å². The van der Waals surface area contributed by atoms with E-state index in [2.05, 4.69) is 54.7 Å². The Balaban J connectivity index is 1.40. The number of rotatable bonds is 4. The third-order valence-electron chi connectivity index (χ3n) is 6.27. The molecule has 0 unspecified atom stereocenters. The second kappa shape index (κ2) is 8.67. The fourth-order valence-corrected chi connectivity index (χ4v) is 4.27. The molecule has 1 aromatic carbocycles. The maximum Gasteiger partial charge on any atom is 0.229 e. The summed E-state index contributed by atoms with van der Waals surface area (Å²) < 4.78 is 0. The summed E-state index contributed by atoms with van der Waals surface area (Å²) in [6, 6.07) is 18.0. The van der Waals surface area contributed by atoms with Crippen LogP contribution < -0.4 is 5.32 Å². The minimum atomic E-state index is -0.505. The van der Waals surface area contributed by atoms with Crippen LogP contribution in [0.2, 0.25) is 0 Å². The van der Waals surface area contributed by atoms with E-state index in [9.17, 15) is 4.79 Å². The summed E-state index contributed by atoms with van der Waals surface area (Å²) >= 11 is 0. The topological polar surface area (TPSA) is 112 Å². The van der Waals surface area contributed by atoms with Gasteiger partial charge in [-0.25, -0.2) is 4.98 Å². The van der Waals surface area contributed by atoms with Crippen molar-refractivity contribution in [1.82, 2.24) is 30.1 Å². The van der Waals surface area contributed by atoms with Gasteiger partial charge in [0, 0.05) is 46.0 Å². The van der Waals surface area contributed by atoms with Gasteiger partial charge in [0.15, 0.2) is 0 Å². The number of amides is 1. The molecule has 1 amide bonds. The number of hydrogen-bond donors (Lipinski definition) is 3. The number of hydrogen-bond acceptors (Lipinski definition) is 5. The molecule has 0 radical (unpaired) electrons. The van der Waals surface area contributed by atoms with Crippen LogP contribution in [0.3, 0.4) is 0 Å². The summed E-state index contributed by atoms with van der Waals surface area (Å²) in [5, 5.41) is 11.7. The Kier molecular flexibility index (Phi) is 5.30. The van der Waals surface area contributed by atoms with Crippen LogP contribution in [0.15, 0.2) is 79.4 Å². The summed E-state index contributed by atoms with van der Waals surface area (Å²) in [6.45, 7) is 5.62. The maximum absolute atomic E-state index is 12.4. The van der Waals surface area contributed by atoms with E-state index in [1.54, 1.807) is 18.6 Å². The van der Waals surface area contributed by atoms with Gasteiger partial charge in [-0.1, -0.05) is 39.0 Å². The molecule has 0 spiro atoms. The molecule has 0 fully saturated rings. The highest BCUT2D eigenvalue weighted by atomic mass is 16.2. The number of pyridine rings is 3. The fourth-order valence-electron chi connectivity index (χ4n) is 4.27. The molecule has 0 aliphatic heterocycles. The van der Waals surface area contributed by atoms with Gasteiger partial charge >= 0.3 is 0 Å². The molecular formula is C29H25N7O. The van der Waals surface area contributed by atoms with Crippen molar-refractivity contribution in [2.24, 2.45) is 5.41 Å². The summed E-state index contributed by atoms with van der Waals surface area (Å²) in [6.07, 6.45) is 7.02. The molecule has 8 heteroatoms. The number of aromatic nitrogens is 6. The first kappa shape index (κ1) is 22.6. The van der Waals surface area contributed by atoms with Gasteiger partial charge in [0.2, 0.25) is 5.91 Å². The van der Waals surface area contributed by atoms with E-state index >= 15 is 0 Å². The van der Waals surface area contributed by atoms with E-state index in [0.717, 1.165) is 55.7 Å².